The number of benzene rings is 1. The minimum atomic E-state index is -3.76. The predicted octanol–water partition coefficient (Wildman–Crippen LogP) is 1.34. The zero-order valence-corrected chi connectivity index (χ0v) is 15.8. The fraction of sp³-hybridized carbons (Fsp3) is 0.588. The van der Waals surface area contributed by atoms with Gasteiger partial charge >= 0.3 is 0 Å². The average Bonchev–Trinajstić information content (AvgIpc) is 3.11. The van der Waals surface area contributed by atoms with E-state index in [0.717, 1.165) is 25.7 Å². The van der Waals surface area contributed by atoms with Crippen molar-refractivity contribution in [3.63, 3.8) is 0 Å². The Hall–Kier alpha value is -1.64. The van der Waals surface area contributed by atoms with Gasteiger partial charge in [-0.15, -0.1) is 0 Å². The Balaban J connectivity index is 2.34. The number of nitrogens with one attached hydrogen (secondary N) is 1. The summed E-state index contributed by atoms with van der Waals surface area (Å²) >= 11 is 0. The van der Waals surface area contributed by atoms with Gasteiger partial charge in [0.05, 0.1) is 7.11 Å². The van der Waals surface area contributed by atoms with Crippen molar-refractivity contribution in [3.05, 3.63) is 23.8 Å². The summed E-state index contributed by atoms with van der Waals surface area (Å²) in [5, 5.41) is 0. The van der Waals surface area contributed by atoms with Crippen LogP contribution in [-0.2, 0) is 10.0 Å². The van der Waals surface area contributed by atoms with Crippen LogP contribution in [0.4, 0.5) is 0 Å². The Morgan fingerprint density at radius 2 is 2.04 bits per heavy atom. The SMILES string of the molecule is COc1ccc(C(=O)N(C)C(C)CN)cc1S(=O)(=O)NC1CCCC1. The number of methoxy groups -OCH3 is 1. The number of amides is 1. The summed E-state index contributed by atoms with van der Waals surface area (Å²) in [7, 11) is -0.706. The van der Waals surface area contributed by atoms with E-state index in [9.17, 15) is 13.2 Å². The summed E-state index contributed by atoms with van der Waals surface area (Å²) in [5.41, 5.74) is 5.89. The van der Waals surface area contributed by atoms with Crippen LogP contribution in [0.3, 0.4) is 0 Å². The minimum Gasteiger partial charge on any atom is -0.495 e. The number of sulfonamides is 1. The van der Waals surface area contributed by atoms with E-state index in [0.29, 0.717) is 6.54 Å². The van der Waals surface area contributed by atoms with Crippen molar-refractivity contribution in [1.82, 2.24) is 9.62 Å². The quantitative estimate of drug-likeness (QED) is 0.755. The van der Waals surface area contributed by atoms with Crippen LogP contribution in [0.15, 0.2) is 23.1 Å². The molecule has 0 heterocycles. The van der Waals surface area contributed by atoms with Gasteiger partial charge < -0.3 is 15.4 Å². The molecule has 0 saturated heterocycles. The molecule has 140 valence electrons. The first kappa shape index (κ1) is 19.7. The van der Waals surface area contributed by atoms with Gasteiger partial charge in [0.2, 0.25) is 10.0 Å². The van der Waals surface area contributed by atoms with E-state index < -0.39 is 10.0 Å². The first-order valence-electron chi connectivity index (χ1n) is 8.47. The monoisotopic (exact) mass is 369 g/mol. The van der Waals surface area contributed by atoms with Crippen LogP contribution in [0, 0.1) is 0 Å². The fourth-order valence-electron chi connectivity index (χ4n) is 2.91. The molecular formula is C17H27N3O4S. The van der Waals surface area contributed by atoms with E-state index in [-0.39, 0.29) is 34.2 Å². The second-order valence-electron chi connectivity index (χ2n) is 6.47. The van der Waals surface area contributed by atoms with Gasteiger partial charge in [-0.3, -0.25) is 4.79 Å². The second kappa shape index (κ2) is 8.16. The average molecular weight is 369 g/mol. The number of nitrogens with zero attached hydrogens (tertiary/aromatic N) is 1. The molecule has 0 radical (unpaired) electrons. The van der Waals surface area contributed by atoms with E-state index in [1.807, 2.05) is 6.92 Å². The van der Waals surface area contributed by atoms with Crippen LogP contribution in [0.2, 0.25) is 0 Å². The van der Waals surface area contributed by atoms with Gasteiger partial charge in [0.25, 0.3) is 5.91 Å². The molecule has 1 aromatic rings. The third-order valence-corrected chi connectivity index (χ3v) is 6.24. The Morgan fingerprint density at radius 3 is 2.60 bits per heavy atom. The smallest absolute Gasteiger partial charge is 0.253 e. The third kappa shape index (κ3) is 4.50. The van der Waals surface area contributed by atoms with Crippen LogP contribution in [0.1, 0.15) is 43.0 Å². The van der Waals surface area contributed by atoms with Crippen molar-refractivity contribution >= 4 is 15.9 Å². The van der Waals surface area contributed by atoms with Crippen LogP contribution in [0.5, 0.6) is 5.75 Å². The Morgan fingerprint density at radius 1 is 1.40 bits per heavy atom. The number of hydrogen-bond acceptors (Lipinski definition) is 5. The summed E-state index contributed by atoms with van der Waals surface area (Å²) in [5.74, 6) is -0.0607. The summed E-state index contributed by atoms with van der Waals surface area (Å²) in [6, 6.07) is 4.24. The van der Waals surface area contributed by atoms with E-state index in [2.05, 4.69) is 4.72 Å². The van der Waals surface area contributed by atoms with Gasteiger partial charge in [-0.1, -0.05) is 12.8 Å². The van der Waals surface area contributed by atoms with Gasteiger partial charge in [0.1, 0.15) is 10.6 Å². The molecule has 0 bridgehead atoms. The standard InChI is InChI=1S/C17H27N3O4S/c1-12(11-18)20(2)17(21)13-8-9-15(24-3)16(10-13)25(22,23)19-14-6-4-5-7-14/h8-10,12,14,19H,4-7,11,18H2,1-3H3. The molecular weight excluding hydrogens is 342 g/mol. The molecule has 1 saturated carbocycles. The van der Waals surface area contributed by atoms with Gasteiger partial charge in [-0.25, -0.2) is 13.1 Å². The number of nitrogens with two attached hydrogens (primary N) is 1. The zero-order valence-electron chi connectivity index (χ0n) is 15.0. The molecule has 1 aromatic carbocycles. The highest BCUT2D eigenvalue weighted by atomic mass is 32.2. The number of ether oxygens (including phenoxy) is 1. The van der Waals surface area contributed by atoms with Crippen LogP contribution < -0.4 is 15.2 Å². The third-order valence-electron chi connectivity index (χ3n) is 4.70. The predicted molar refractivity (Wildman–Crippen MR) is 96.2 cm³/mol. The number of carbonyl (C=O) groups excluding carboxylic acids is 1. The van der Waals surface area contributed by atoms with Crippen LogP contribution in [-0.4, -0.2) is 52.0 Å². The maximum Gasteiger partial charge on any atom is 0.253 e. The summed E-state index contributed by atoms with van der Waals surface area (Å²) in [6.07, 6.45) is 3.70. The van der Waals surface area contributed by atoms with Gasteiger partial charge in [0, 0.05) is 31.2 Å². The lowest BCUT2D eigenvalue weighted by atomic mass is 10.1. The maximum absolute atomic E-state index is 12.8. The summed E-state index contributed by atoms with van der Waals surface area (Å²) in [4.78, 5) is 14.1. The molecule has 3 N–H and O–H groups in total. The van der Waals surface area contributed by atoms with Crippen molar-refractivity contribution in [1.29, 1.82) is 0 Å². The minimum absolute atomic E-state index is 0.0125. The fourth-order valence-corrected chi connectivity index (χ4v) is 4.41. The molecule has 1 aliphatic carbocycles. The largest absolute Gasteiger partial charge is 0.495 e. The molecule has 1 aliphatic rings. The number of hydrogen-bond donors (Lipinski definition) is 2. The molecule has 8 heteroatoms. The normalized spacial score (nSPS) is 16.6. The van der Waals surface area contributed by atoms with E-state index >= 15 is 0 Å². The van der Waals surface area contributed by atoms with E-state index in [1.54, 1.807) is 13.1 Å². The topological polar surface area (TPSA) is 102 Å². The first-order chi connectivity index (χ1) is 11.8. The molecule has 0 spiro atoms. The van der Waals surface area contributed by atoms with Gasteiger partial charge in [-0.05, 0) is 38.0 Å². The molecule has 1 unspecified atom stereocenters. The van der Waals surface area contributed by atoms with E-state index in [4.69, 9.17) is 10.5 Å². The maximum atomic E-state index is 12.8. The highest BCUT2D eigenvalue weighted by Gasteiger charge is 2.27. The number of likely N-dealkylation sites (N-methyl/N-ethyl adjacent to an activating group) is 1. The van der Waals surface area contributed by atoms with Crippen molar-refractivity contribution < 1.29 is 17.9 Å². The molecule has 1 fully saturated rings. The number of carbonyl (C=O) groups is 1. The first-order valence-corrected chi connectivity index (χ1v) is 9.96. The van der Waals surface area contributed by atoms with Gasteiger partial charge in [-0.2, -0.15) is 0 Å². The molecule has 25 heavy (non-hydrogen) atoms. The van der Waals surface area contributed by atoms with Crippen LogP contribution in [0.25, 0.3) is 0 Å². The van der Waals surface area contributed by atoms with Crippen molar-refractivity contribution in [2.75, 3.05) is 20.7 Å². The summed E-state index contributed by atoms with van der Waals surface area (Å²) < 4.78 is 33.5. The lowest BCUT2D eigenvalue weighted by Gasteiger charge is -2.24. The van der Waals surface area contributed by atoms with Crippen molar-refractivity contribution in [2.24, 2.45) is 5.73 Å². The van der Waals surface area contributed by atoms with Crippen molar-refractivity contribution in [2.45, 2.75) is 49.6 Å². The molecule has 1 atom stereocenters. The molecule has 0 aliphatic heterocycles. The lowest BCUT2D eigenvalue weighted by Crippen LogP contribution is -2.39. The Labute approximate surface area is 149 Å². The lowest BCUT2D eigenvalue weighted by molar-refractivity contribution is 0.0748. The molecule has 2 rings (SSSR count). The van der Waals surface area contributed by atoms with Gasteiger partial charge in [0.15, 0.2) is 0 Å². The number of rotatable bonds is 7. The Kier molecular flexibility index (Phi) is 6.42. The highest BCUT2D eigenvalue weighted by molar-refractivity contribution is 7.89. The Bertz CT molecular complexity index is 715. The molecule has 7 nitrogen and oxygen atoms in total. The zero-order chi connectivity index (χ0) is 18.6. The highest BCUT2D eigenvalue weighted by Crippen LogP contribution is 2.27. The van der Waals surface area contributed by atoms with E-state index in [1.165, 1.54) is 24.1 Å². The van der Waals surface area contributed by atoms with Crippen molar-refractivity contribution in [3.8, 4) is 5.75 Å². The van der Waals surface area contributed by atoms with Crippen LogP contribution >= 0.6 is 0 Å². The molecule has 1 amide bonds. The molecule has 0 aromatic heterocycles. The summed E-state index contributed by atoms with van der Waals surface area (Å²) in [6.45, 7) is 2.16. The second-order valence-corrected chi connectivity index (χ2v) is 8.15.